The number of amides is 1. The molecule has 0 aliphatic carbocycles. The highest BCUT2D eigenvalue weighted by Gasteiger charge is 2.10. The number of hydrogen-bond donors (Lipinski definition) is 1. The molecular weight excluding hydrogens is 250 g/mol. The number of pyridine rings is 1. The molecule has 0 atom stereocenters. The second-order valence-electron chi connectivity index (χ2n) is 4.73. The van der Waals surface area contributed by atoms with E-state index in [0.717, 1.165) is 18.5 Å². The van der Waals surface area contributed by atoms with Crippen LogP contribution in [-0.4, -0.2) is 17.9 Å². The van der Waals surface area contributed by atoms with E-state index >= 15 is 0 Å². The van der Waals surface area contributed by atoms with Gasteiger partial charge in [0, 0.05) is 13.5 Å². The highest BCUT2D eigenvalue weighted by Crippen LogP contribution is 2.14. The van der Waals surface area contributed by atoms with Crippen LogP contribution in [0.5, 0.6) is 0 Å². The van der Waals surface area contributed by atoms with Crippen LogP contribution in [0.2, 0.25) is 0 Å². The molecule has 0 unspecified atom stereocenters. The zero-order valence-electron chi connectivity index (χ0n) is 11.6. The van der Waals surface area contributed by atoms with Gasteiger partial charge in [-0.1, -0.05) is 30.3 Å². The van der Waals surface area contributed by atoms with E-state index in [1.807, 2.05) is 18.2 Å². The standard InChI is InChI=1S/C16H19N3O/c1-19(14-10-11-15(17)18-12-14)16(20)9-5-8-13-6-3-2-4-7-13/h2-4,6-7,10-12H,5,8-9H2,1H3,(H2,17,18). The van der Waals surface area contributed by atoms with Crippen LogP contribution in [0.1, 0.15) is 18.4 Å². The van der Waals surface area contributed by atoms with Crippen LogP contribution in [0.15, 0.2) is 48.7 Å². The van der Waals surface area contributed by atoms with E-state index in [1.54, 1.807) is 30.3 Å². The minimum atomic E-state index is 0.0903. The number of nitrogens with zero attached hydrogens (tertiary/aromatic N) is 2. The summed E-state index contributed by atoms with van der Waals surface area (Å²) in [6, 6.07) is 13.7. The van der Waals surface area contributed by atoms with Gasteiger partial charge in [0.05, 0.1) is 11.9 Å². The van der Waals surface area contributed by atoms with Gasteiger partial charge in [0.25, 0.3) is 0 Å². The Balaban J connectivity index is 1.84. The largest absolute Gasteiger partial charge is 0.384 e. The number of aromatic nitrogens is 1. The van der Waals surface area contributed by atoms with Crippen LogP contribution < -0.4 is 10.6 Å². The van der Waals surface area contributed by atoms with Crippen molar-refractivity contribution in [3.8, 4) is 0 Å². The first kappa shape index (κ1) is 14.1. The number of carbonyl (C=O) groups excluding carboxylic acids is 1. The second kappa shape index (κ2) is 6.70. The van der Waals surface area contributed by atoms with E-state index in [1.165, 1.54) is 5.56 Å². The normalized spacial score (nSPS) is 10.2. The fraction of sp³-hybridized carbons (Fsp3) is 0.250. The van der Waals surface area contributed by atoms with Gasteiger partial charge in [0.2, 0.25) is 5.91 Å². The van der Waals surface area contributed by atoms with Crippen LogP contribution in [0, 0.1) is 0 Å². The predicted octanol–water partition coefficient (Wildman–Crippen LogP) is 2.65. The summed E-state index contributed by atoms with van der Waals surface area (Å²) in [4.78, 5) is 17.7. The van der Waals surface area contributed by atoms with Crippen LogP contribution in [0.25, 0.3) is 0 Å². The minimum absolute atomic E-state index is 0.0903. The Kier molecular flexibility index (Phi) is 4.71. The molecule has 0 aliphatic rings. The quantitative estimate of drug-likeness (QED) is 0.907. The van der Waals surface area contributed by atoms with Gasteiger partial charge in [-0.25, -0.2) is 4.98 Å². The third kappa shape index (κ3) is 3.82. The van der Waals surface area contributed by atoms with Crippen LogP contribution >= 0.6 is 0 Å². The van der Waals surface area contributed by atoms with Crippen molar-refractivity contribution in [1.82, 2.24) is 4.98 Å². The third-order valence-electron chi connectivity index (χ3n) is 3.23. The molecule has 0 aliphatic heterocycles. The molecule has 4 heteroatoms. The SMILES string of the molecule is CN(C(=O)CCCc1ccccc1)c1ccc(N)nc1. The monoisotopic (exact) mass is 269 g/mol. The summed E-state index contributed by atoms with van der Waals surface area (Å²) in [5.74, 6) is 0.547. The summed E-state index contributed by atoms with van der Waals surface area (Å²) in [5.41, 5.74) is 7.56. The van der Waals surface area contributed by atoms with Gasteiger partial charge in [-0.05, 0) is 30.5 Å². The first-order chi connectivity index (χ1) is 9.66. The van der Waals surface area contributed by atoms with Crippen LogP contribution in [-0.2, 0) is 11.2 Å². The van der Waals surface area contributed by atoms with Gasteiger partial charge in [-0.3, -0.25) is 4.79 Å². The molecule has 1 aromatic carbocycles. The lowest BCUT2D eigenvalue weighted by Gasteiger charge is -2.16. The van der Waals surface area contributed by atoms with E-state index < -0.39 is 0 Å². The summed E-state index contributed by atoms with van der Waals surface area (Å²) in [6.07, 6.45) is 3.90. The number of carbonyl (C=O) groups is 1. The van der Waals surface area contributed by atoms with E-state index in [9.17, 15) is 4.79 Å². The van der Waals surface area contributed by atoms with Crippen molar-refractivity contribution in [3.63, 3.8) is 0 Å². The highest BCUT2D eigenvalue weighted by atomic mass is 16.2. The Morgan fingerprint density at radius 2 is 1.95 bits per heavy atom. The maximum absolute atomic E-state index is 12.1. The van der Waals surface area contributed by atoms with Gasteiger partial charge >= 0.3 is 0 Å². The molecule has 0 radical (unpaired) electrons. The fourth-order valence-corrected chi connectivity index (χ4v) is 2.00. The predicted molar refractivity (Wildman–Crippen MR) is 81.4 cm³/mol. The van der Waals surface area contributed by atoms with Gasteiger partial charge in [0.1, 0.15) is 5.82 Å². The smallest absolute Gasteiger partial charge is 0.226 e. The number of rotatable bonds is 5. The molecule has 104 valence electrons. The Hall–Kier alpha value is -2.36. The van der Waals surface area contributed by atoms with E-state index in [4.69, 9.17) is 5.73 Å². The maximum atomic E-state index is 12.1. The zero-order chi connectivity index (χ0) is 14.4. The van der Waals surface area contributed by atoms with Gasteiger partial charge < -0.3 is 10.6 Å². The van der Waals surface area contributed by atoms with Crippen molar-refractivity contribution >= 4 is 17.4 Å². The van der Waals surface area contributed by atoms with Crippen molar-refractivity contribution in [2.75, 3.05) is 17.7 Å². The maximum Gasteiger partial charge on any atom is 0.226 e. The molecule has 0 fully saturated rings. The van der Waals surface area contributed by atoms with E-state index in [2.05, 4.69) is 17.1 Å². The molecule has 2 N–H and O–H groups in total. The molecule has 1 aromatic heterocycles. The molecule has 2 rings (SSSR count). The van der Waals surface area contributed by atoms with E-state index in [0.29, 0.717) is 12.2 Å². The van der Waals surface area contributed by atoms with Crippen LogP contribution in [0.4, 0.5) is 11.5 Å². The van der Waals surface area contributed by atoms with Crippen molar-refractivity contribution in [3.05, 3.63) is 54.2 Å². The number of nitrogen functional groups attached to an aromatic ring is 1. The average molecular weight is 269 g/mol. The first-order valence-electron chi connectivity index (χ1n) is 6.69. The lowest BCUT2D eigenvalue weighted by Crippen LogP contribution is -2.26. The molecule has 20 heavy (non-hydrogen) atoms. The lowest BCUT2D eigenvalue weighted by atomic mass is 10.1. The van der Waals surface area contributed by atoms with Crippen molar-refractivity contribution < 1.29 is 4.79 Å². The van der Waals surface area contributed by atoms with Crippen LogP contribution in [0.3, 0.4) is 0 Å². The highest BCUT2D eigenvalue weighted by molar-refractivity contribution is 5.92. The summed E-state index contributed by atoms with van der Waals surface area (Å²) >= 11 is 0. The Bertz CT molecular complexity index is 552. The van der Waals surface area contributed by atoms with Crippen molar-refractivity contribution in [2.24, 2.45) is 0 Å². The Morgan fingerprint density at radius 3 is 2.60 bits per heavy atom. The molecule has 0 saturated heterocycles. The number of aryl methyl sites for hydroxylation is 1. The molecular formula is C16H19N3O. The summed E-state index contributed by atoms with van der Waals surface area (Å²) in [6.45, 7) is 0. The minimum Gasteiger partial charge on any atom is -0.384 e. The molecule has 0 saturated carbocycles. The topological polar surface area (TPSA) is 59.2 Å². The summed E-state index contributed by atoms with van der Waals surface area (Å²) in [5, 5.41) is 0. The molecule has 4 nitrogen and oxygen atoms in total. The summed E-state index contributed by atoms with van der Waals surface area (Å²) in [7, 11) is 1.76. The fourth-order valence-electron chi connectivity index (χ4n) is 2.00. The van der Waals surface area contributed by atoms with Crippen molar-refractivity contribution in [2.45, 2.75) is 19.3 Å². The van der Waals surface area contributed by atoms with Gasteiger partial charge in [-0.2, -0.15) is 0 Å². The van der Waals surface area contributed by atoms with Gasteiger partial charge in [0.15, 0.2) is 0 Å². The second-order valence-corrected chi connectivity index (χ2v) is 4.73. The first-order valence-corrected chi connectivity index (χ1v) is 6.69. The average Bonchev–Trinajstić information content (AvgIpc) is 2.48. The molecule has 0 spiro atoms. The molecule has 0 bridgehead atoms. The van der Waals surface area contributed by atoms with Crippen molar-refractivity contribution in [1.29, 1.82) is 0 Å². The van der Waals surface area contributed by atoms with Gasteiger partial charge in [-0.15, -0.1) is 0 Å². The third-order valence-corrected chi connectivity index (χ3v) is 3.23. The number of anilines is 2. The zero-order valence-corrected chi connectivity index (χ0v) is 11.6. The molecule has 2 aromatic rings. The molecule has 1 heterocycles. The lowest BCUT2D eigenvalue weighted by molar-refractivity contribution is -0.118. The Morgan fingerprint density at radius 1 is 1.20 bits per heavy atom. The molecule has 1 amide bonds. The van der Waals surface area contributed by atoms with E-state index in [-0.39, 0.29) is 5.91 Å². The number of hydrogen-bond acceptors (Lipinski definition) is 3. The number of nitrogens with two attached hydrogens (primary N) is 1. The Labute approximate surface area is 119 Å². The summed E-state index contributed by atoms with van der Waals surface area (Å²) < 4.78 is 0. The number of benzene rings is 1.